The van der Waals surface area contributed by atoms with Crippen molar-refractivity contribution in [1.29, 1.82) is 0 Å². The van der Waals surface area contributed by atoms with Gasteiger partial charge in [0.25, 0.3) is 5.91 Å². The van der Waals surface area contributed by atoms with E-state index in [1.165, 1.54) is 5.56 Å². The molecule has 0 aliphatic heterocycles. The number of nitrogens with zero attached hydrogens (tertiary/aromatic N) is 2. The molecule has 0 aliphatic rings. The van der Waals surface area contributed by atoms with Crippen molar-refractivity contribution in [3.8, 4) is 11.5 Å². The Morgan fingerprint density at radius 2 is 1.85 bits per heavy atom. The predicted octanol–water partition coefficient (Wildman–Crippen LogP) is 4.60. The maximum atomic E-state index is 12.7. The van der Waals surface area contributed by atoms with E-state index in [-0.39, 0.29) is 5.91 Å². The van der Waals surface area contributed by atoms with Crippen molar-refractivity contribution >= 4 is 27.5 Å². The molecule has 0 unspecified atom stereocenters. The fraction of sp³-hybridized carbons (Fsp3) is 0.333. The summed E-state index contributed by atoms with van der Waals surface area (Å²) < 4.78 is 13.7. The van der Waals surface area contributed by atoms with Gasteiger partial charge in [0.1, 0.15) is 0 Å². The molecule has 27 heavy (non-hydrogen) atoms. The highest BCUT2D eigenvalue weighted by Crippen LogP contribution is 2.28. The van der Waals surface area contributed by atoms with E-state index in [1.54, 1.807) is 43.8 Å². The van der Waals surface area contributed by atoms with Crippen molar-refractivity contribution in [2.75, 3.05) is 14.2 Å². The number of aryl methyl sites for hydroxylation is 1. The first-order valence-corrected chi connectivity index (χ1v) is 9.74. The number of methoxy groups -OCH3 is 2. The normalized spacial score (nSPS) is 12.0. The summed E-state index contributed by atoms with van der Waals surface area (Å²) >= 11 is 1.54. The van der Waals surface area contributed by atoms with Gasteiger partial charge >= 0.3 is 0 Å². The molecule has 0 N–H and O–H groups in total. The van der Waals surface area contributed by atoms with Crippen LogP contribution in [0.3, 0.4) is 0 Å². The molecule has 0 atom stereocenters. The summed E-state index contributed by atoms with van der Waals surface area (Å²) in [6.07, 6.45) is 0. The molecule has 1 aromatic heterocycles. The van der Waals surface area contributed by atoms with Crippen LogP contribution in [0.4, 0.5) is 0 Å². The first-order chi connectivity index (χ1) is 13.0. The summed E-state index contributed by atoms with van der Waals surface area (Å²) in [5.41, 5.74) is 2.85. The Kier molecular flexibility index (Phi) is 5.65. The van der Waals surface area contributed by atoms with Gasteiger partial charge in [0.15, 0.2) is 16.3 Å². The fourth-order valence-corrected chi connectivity index (χ4v) is 4.10. The van der Waals surface area contributed by atoms with Gasteiger partial charge in [-0.2, -0.15) is 4.99 Å². The minimum atomic E-state index is -0.297. The summed E-state index contributed by atoms with van der Waals surface area (Å²) in [5, 5.41) is 0. The number of hydrogen-bond acceptors (Lipinski definition) is 4. The Morgan fingerprint density at radius 1 is 1.11 bits per heavy atom. The Balaban J connectivity index is 2.08. The smallest absolute Gasteiger partial charge is 0.279 e. The van der Waals surface area contributed by atoms with Gasteiger partial charge in [0.05, 0.1) is 24.4 Å². The number of rotatable bonds is 5. The zero-order chi connectivity index (χ0) is 19.6. The number of amides is 1. The monoisotopic (exact) mass is 384 g/mol. The van der Waals surface area contributed by atoms with Gasteiger partial charge in [-0.15, -0.1) is 0 Å². The van der Waals surface area contributed by atoms with E-state index < -0.39 is 0 Å². The number of aromatic nitrogens is 1. The van der Waals surface area contributed by atoms with Gasteiger partial charge < -0.3 is 14.0 Å². The molecular formula is C21H24N2O3S. The molecule has 2 aromatic carbocycles. The van der Waals surface area contributed by atoms with Crippen LogP contribution in [0.25, 0.3) is 10.2 Å². The lowest BCUT2D eigenvalue weighted by atomic mass is 10.0. The third kappa shape index (κ3) is 3.76. The minimum absolute atomic E-state index is 0.297. The van der Waals surface area contributed by atoms with Crippen molar-refractivity contribution in [2.24, 2.45) is 4.99 Å². The topological polar surface area (TPSA) is 52.8 Å². The quantitative estimate of drug-likeness (QED) is 0.646. The van der Waals surface area contributed by atoms with Crippen molar-refractivity contribution < 1.29 is 14.3 Å². The number of ether oxygens (including phenoxy) is 2. The van der Waals surface area contributed by atoms with E-state index in [2.05, 4.69) is 48.5 Å². The Hall–Kier alpha value is -2.60. The van der Waals surface area contributed by atoms with E-state index in [0.717, 1.165) is 16.8 Å². The molecule has 5 nitrogen and oxygen atoms in total. The zero-order valence-electron chi connectivity index (χ0n) is 16.3. The van der Waals surface area contributed by atoms with Crippen LogP contribution in [0.1, 0.15) is 42.6 Å². The van der Waals surface area contributed by atoms with Crippen LogP contribution in [0.5, 0.6) is 11.5 Å². The van der Waals surface area contributed by atoms with Crippen molar-refractivity contribution in [3.63, 3.8) is 0 Å². The van der Waals surface area contributed by atoms with Gasteiger partial charge in [-0.25, -0.2) is 0 Å². The summed E-state index contributed by atoms with van der Waals surface area (Å²) in [6.45, 7) is 7.16. The number of carbonyl (C=O) groups excluding carboxylic acids is 1. The van der Waals surface area contributed by atoms with Gasteiger partial charge in [0.2, 0.25) is 0 Å². The van der Waals surface area contributed by atoms with Crippen LogP contribution in [-0.4, -0.2) is 24.7 Å². The van der Waals surface area contributed by atoms with Gasteiger partial charge in [-0.1, -0.05) is 31.3 Å². The van der Waals surface area contributed by atoms with Gasteiger partial charge in [-0.3, -0.25) is 4.79 Å². The lowest BCUT2D eigenvalue weighted by molar-refractivity contribution is 0.0997. The molecular weight excluding hydrogens is 360 g/mol. The summed E-state index contributed by atoms with van der Waals surface area (Å²) in [5.74, 6) is 1.26. The van der Waals surface area contributed by atoms with Crippen LogP contribution < -0.4 is 14.3 Å². The largest absolute Gasteiger partial charge is 0.493 e. The summed E-state index contributed by atoms with van der Waals surface area (Å²) in [7, 11) is 3.11. The highest BCUT2D eigenvalue weighted by molar-refractivity contribution is 7.16. The third-order valence-electron chi connectivity index (χ3n) is 4.52. The molecule has 0 radical (unpaired) electrons. The average Bonchev–Trinajstić information content (AvgIpc) is 3.03. The molecule has 0 saturated heterocycles. The SMILES string of the molecule is CCn1c(=NC(=O)c2ccc(OC)c(OC)c2)sc2cc(C(C)C)ccc21. The first-order valence-electron chi connectivity index (χ1n) is 8.92. The van der Waals surface area contributed by atoms with Crippen molar-refractivity contribution in [3.05, 3.63) is 52.3 Å². The first kappa shape index (κ1) is 19.2. The molecule has 1 heterocycles. The van der Waals surface area contributed by atoms with Crippen LogP contribution in [0, 0.1) is 0 Å². The molecule has 3 rings (SSSR count). The Bertz CT molecular complexity index is 1050. The second-order valence-electron chi connectivity index (χ2n) is 6.50. The van der Waals surface area contributed by atoms with Crippen LogP contribution >= 0.6 is 11.3 Å². The van der Waals surface area contributed by atoms with E-state index >= 15 is 0 Å². The maximum absolute atomic E-state index is 12.7. The second kappa shape index (κ2) is 7.96. The highest BCUT2D eigenvalue weighted by Gasteiger charge is 2.12. The zero-order valence-corrected chi connectivity index (χ0v) is 17.1. The van der Waals surface area contributed by atoms with Crippen LogP contribution in [-0.2, 0) is 6.54 Å². The summed E-state index contributed by atoms with van der Waals surface area (Å²) in [6, 6.07) is 11.5. The third-order valence-corrected chi connectivity index (χ3v) is 5.56. The molecule has 0 bridgehead atoms. The van der Waals surface area contributed by atoms with E-state index in [1.807, 2.05) is 0 Å². The van der Waals surface area contributed by atoms with Gasteiger partial charge in [0, 0.05) is 12.1 Å². The van der Waals surface area contributed by atoms with E-state index in [0.29, 0.717) is 27.8 Å². The molecule has 0 saturated carbocycles. The summed E-state index contributed by atoms with van der Waals surface area (Å²) in [4.78, 5) is 17.8. The molecule has 6 heteroatoms. The fourth-order valence-electron chi connectivity index (χ4n) is 2.96. The maximum Gasteiger partial charge on any atom is 0.279 e. The standard InChI is InChI=1S/C21H24N2O3S/c1-6-23-16-9-7-14(13(2)3)12-19(16)27-21(23)22-20(24)15-8-10-17(25-4)18(11-15)26-5/h7-13H,6H2,1-5H3. The second-order valence-corrected chi connectivity index (χ2v) is 7.51. The number of hydrogen-bond donors (Lipinski definition) is 0. The van der Waals surface area contributed by atoms with Crippen LogP contribution in [0.15, 0.2) is 41.4 Å². The van der Waals surface area contributed by atoms with Crippen molar-refractivity contribution in [1.82, 2.24) is 4.57 Å². The van der Waals surface area contributed by atoms with Crippen LogP contribution in [0.2, 0.25) is 0 Å². The molecule has 0 fully saturated rings. The number of benzene rings is 2. The number of fused-ring (bicyclic) bond motifs is 1. The minimum Gasteiger partial charge on any atom is -0.493 e. The predicted molar refractivity (Wildman–Crippen MR) is 109 cm³/mol. The van der Waals surface area contributed by atoms with Crippen molar-refractivity contribution in [2.45, 2.75) is 33.2 Å². The molecule has 0 aliphatic carbocycles. The number of thiazole rings is 1. The molecule has 142 valence electrons. The lowest BCUT2D eigenvalue weighted by Crippen LogP contribution is -2.15. The van der Waals surface area contributed by atoms with E-state index in [9.17, 15) is 4.79 Å². The van der Waals surface area contributed by atoms with E-state index in [4.69, 9.17) is 9.47 Å². The molecule has 3 aromatic rings. The molecule has 1 amide bonds. The molecule has 0 spiro atoms. The number of carbonyl (C=O) groups is 1. The van der Waals surface area contributed by atoms with Gasteiger partial charge in [-0.05, 0) is 48.7 Å². The average molecular weight is 385 g/mol. The lowest BCUT2D eigenvalue weighted by Gasteiger charge is -2.07. The Morgan fingerprint density at radius 3 is 2.48 bits per heavy atom. The Labute approximate surface area is 162 Å². The highest BCUT2D eigenvalue weighted by atomic mass is 32.1.